The van der Waals surface area contributed by atoms with E-state index in [0.717, 1.165) is 23.2 Å². The van der Waals surface area contributed by atoms with Crippen molar-refractivity contribution >= 4 is 9.84 Å². The Balaban J connectivity index is 1.56. The van der Waals surface area contributed by atoms with E-state index in [0.29, 0.717) is 17.5 Å². The predicted molar refractivity (Wildman–Crippen MR) is 92.6 cm³/mol. The topological polar surface area (TPSA) is 50.3 Å². The molecule has 0 amide bonds. The Labute approximate surface area is 142 Å². The van der Waals surface area contributed by atoms with Crippen LogP contribution in [0.15, 0.2) is 47.6 Å². The highest BCUT2D eigenvalue weighted by atomic mass is 32.2. The highest BCUT2D eigenvalue weighted by Gasteiger charge is 2.51. The number of hydrogen-bond acceptors (Lipinski definition) is 4. The molecular weight excluding hydrogens is 320 g/mol. The molecule has 1 aromatic carbocycles. The lowest BCUT2D eigenvalue weighted by molar-refractivity contribution is 0.157. The van der Waals surface area contributed by atoms with E-state index in [2.05, 4.69) is 16.0 Å². The second-order valence-corrected chi connectivity index (χ2v) is 9.36. The van der Waals surface area contributed by atoms with Crippen LogP contribution in [0.5, 0.6) is 0 Å². The second-order valence-electron chi connectivity index (χ2n) is 7.22. The molecule has 5 rings (SSSR count). The first-order valence-corrected chi connectivity index (χ1v) is 10.2. The van der Waals surface area contributed by atoms with Gasteiger partial charge in [0.05, 0.1) is 10.1 Å². The molecule has 0 N–H and O–H groups in total. The van der Waals surface area contributed by atoms with Gasteiger partial charge in [0.15, 0.2) is 9.84 Å². The zero-order valence-electron chi connectivity index (χ0n) is 13.4. The Morgan fingerprint density at radius 2 is 1.96 bits per heavy atom. The van der Waals surface area contributed by atoms with Gasteiger partial charge in [-0.1, -0.05) is 18.6 Å². The van der Waals surface area contributed by atoms with Crippen molar-refractivity contribution in [2.45, 2.75) is 41.4 Å². The van der Waals surface area contributed by atoms with Gasteiger partial charge in [-0.3, -0.25) is 9.88 Å². The molecule has 1 aliphatic carbocycles. The maximum atomic E-state index is 12.9. The molecule has 5 heteroatoms. The van der Waals surface area contributed by atoms with Crippen molar-refractivity contribution in [1.82, 2.24) is 9.88 Å². The van der Waals surface area contributed by atoms with Gasteiger partial charge in [0.25, 0.3) is 0 Å². The van der Waals surface area contributed by atoms with Gasteiger partial charge in [-0.2, -0.15) is 0 Å². The zero-order valence-corrected chi connectivity index (χ0v) is 14.2. The van der Waals surface area contributed by atoms with E-state index in [1.54, 1.807) is 12.3 Å². The van der Waals surface area contributed by atoms with Crippen molar-refractivity contribution in [3.63, 3.8) is 0 Å². The first-order chi connectivity index (χ1) is 11.6. The van der Waals surface area contributed by atoms with E-state index in [-0.39, 0.29) is 11.2 Å². The minimum Gasteiger partial charge on any atom is -0.298 e. The van der Waals surface area contributed by atoms with Gasteiger partial charge in [-0.05, 0) is 47.7 Å². The monoisotopic (exact) mass is 340 g/mol. The Hall–Kier alpha value is -1.72. The lowest BCUT2D eigenvalue weighted by atomic mass is 9.91. The summed E-state index contributed by atoms with van der Waals surface area (Å²) in [5, 5.41) is -0.253. The average molecular weight is 340 g/mol. The summed E-state index contributed by atoms with van der Waals surface area (Å²) < 4.78 is 25.9. The molecule has 4 nitrogen and oxygen atoms in total. The van der Waals surface area contributed by atoms with Crippen LogP contribution in [0.25, 0.3) is 11.1 Å². The molecule has 124 valence electrons. The zero-order chi connectivity index (χ0) is 16.3. The van der Waals surface area contributed by atoms with Gasteiger partial charge in [0.1, 0.15) is 0 Å². The van der Waals surface area contributed by atoms with Crippen molar-refractivity contribution in [2.24, 2.45) is 0 Å². The number of pyridine rings is 1. The molecule has 3 heterocycles. The van der Waals surface area contributed by atoms with Gasteiger partial charge in [-0.25, -0.2) is 8.42 Å². The largest absolute Gasteiger partial charge is 0.298 e. The molecule has 2 aliphatic heterocycles. The first-order valence-electron chi connectivity index (χ1n) is 8.67. The van der Waals surface area contributed by atoms with Crippen LogP contribution in [-0.2, 0) is 9.84 Å². The number of likely N-dealkylation sites (tertiary alicyclic amines) is 1. The molecule has 2 aromatic rings. The lowest BCUT2D eigenvalue weighted by Crippen LogP contribution is -2.39. The first kappa shape index (κ1) is 14.6. The number of hydrogen-bond donors (Lipinski definition) is 0. The highest BCUT2D eigenvalue weighted by Crippen LogP contribution is 2.47. The van der Waals surface area contributed by atoms with E-state index in [9.17, 15) is 8.42 Å². The molecule has 2 fully saturated rings. The van der Waals surface area contributed by atoms with Gasteiger partial charge in [0.2, 0.25) is 0 Å². The number of nitrogens with zero attached hydrogens (tertiary/aromatic N) is 2. The molecule has 24 heavy (non-hydrogen) atoms. The normalized spacial score (nSPS) is 28.3. The third-order valence-corrected chi connectivity index (χ3v) is 8.25. The molecule has 0 unspecified atom stereocenters. The summed E-state index contributed by atoms with van der Waals surface area (Å²) in [6.45, 7) is 1.59. The smallest absolute Gasteiger partial charge is 0.183 e. The Bertz CT molecular complexity index is 891. The van der Waals surface area contributed by atoms with E-state index in [1.165, 1.54) is 19.3 Å². The minimum atomic E-state index is -3.19. The van der Waals surface area contributed by atoms with Crippen LogP contribution >= 0.6 is 0 Å². The van der Waals surface area contributed by atoms with Crippen molar-refractivity contribution in [1.29, 1.82) is 0 Å². The fourth-order valence-corrected chi connectivity index (χ4v) is 6.62. The summed E-state index contributed by atoms with van der Waals surface area (Å²) in [7, 11) is -3.19. The second kappa shape index (κ2) is 5.14. The van der Waals surface area contributed by atoms with E-state index < -0.39 is 9.84 Å². The molecule has 1 aromatic heterocycles. The van der Waals surface area contributed by atoms with Crippen LogP contribution in [0.4, 0.5) is 0 Å². The van der Waals surface area contributed by atoms with Crippen molar-refractivity contribution < 1.29 is 8.42 Å². The summed E-state index contributed by atoms with van der Waals surface area (Å²) in [6.07, 6.45) is 7.32. The van der Waals surface area contributed by atoms with E-state index in [1.807, 2.05) is 24.4 Å². The van der Waals surface area contributed by atoms with Crippen LogP contribution in [0.2, 0.25) is 0 Å². The third kappa shape index (κ3) is 2.01. The standard InChI is InChI=1S/C19H20N2O2S/c22-24(23)18-7-6-13(14-3-2-8-20-10-14)9-16(18)17-11-21(12-19(17)24)15-4-1-5-15/h2-3,6-10,15,17,19H,1,4-5,11-12H2/t17-,19+/m1/s1. The average Bonchev–Trinajstić information content (AvgIpc) is 3.06. The van der Waals surface area contributed by atoms with Gasteiger partial charge in [-0.15, -0.1) is 0 Å². The summed E-state index contributed by atoms with van der Waals surface area (Å²) in [5.41, 5.74) is 3.11. The fraction of sp³-hybridized carbons (Fsp3) is 0.421. The van der Waals surface area contributed by atoms with Crippen LogP contribution in [0.1, 0.15) is 30.7 Å². The third-order valence-electron chi connectivity index (χ3n) is 5.99. The number of rotatable bonds is 2. The Morgan fingerprint density at radius 1 is 1.08 bits per heavy atom. The van der Waals surface area contributed by atoms with Crippen LogP contribution < -0.4 is 0 Å². The maximum absolute atomic E-state index is 12.9. The van der Waals surface area contributed by atoms with Gasteiger partial charge < -0.3 is 0 Å². The van der Waals surface area contributed by atoms with E-state index in [4.69, 9.17) is 0 Å². The van der Waals surface area contributed by atoms with Gasteiger partial charge >= 0.3 is 0 Å². The summed E-state index contributed by atoms with van der Waals surface area (Å²) in [5.74, 6) is 0.127. The Morgan fingerprint density at radius 3 is 2.67 bits per heavy atom. The molecule has 1 saturated heterocycles. The van der Waals surface area contributed by atoms with Crippen LogP contribution in [0, 0.1) is 0 Å². The van der Waals surface area contributed by atoms with Crippen molar-refractivity contribution in [2.75, 3.05) is 13.1 Å². The minimum absolute atomic E-state index is 0.127. The number of sulfone groups is 1. The summed E-state index contributed by atoms with van der Waals surface area (Å²) in [6, 6.07) is 10.3. The van der Waals surface area contributed by atoms with E-state index >= 15 is 0 Å². The van der Waals surface area contributed by atoms with Crippen molar-refractivity contribution in [3.05, 3.63) is 48.3 Å². The van der Waals surface area contributed by atoms with Crippen LogP contribution in [-0.4, -0.2) is 42.7 Å². The Kier molecular flexibility index (Phi) is 3.13. The predicted octanol–water partition coefficient (Wildman–Crippen LogP) is 2.86. The summed E-state index contributed by atoms with van der Waals surface area (Å²) >= 11 is 0. The fourth-order valence-electron chi connectivity index (χ4n) is 4.44. The molecule has 1 saturated carbocycles. The lowest BCUT2D eigenvalue weighted by Gasteiger charge is -2.35. The van der Waals surface area contributed by atoms with Crippen LogP contribution in [0.3, 0.4) is 0 Å². The molecular formula is C19H20N2O2S. The molecule has 0 bridgehead atoms. The SMILES string of the molecule is O=S1(=O)c2ccc(-c3cccnc3)cc2[C@H]2CN(C3CCC3)C[C@@H]21. The number of aromatic nitrogens is 1. The maximum Gasteiger partial charge on any atom is 0.183 e. The molecule has 0 spiro atoms. The summed E-state index contributed by atoms with van der Waals surface area (Å²) in [4.78, 5) is 7.14. The quantitative estimate of drug-likeness (QED) is 0.843. The molecule has 3 aliphatic rings. The number of benzene rings is 1. The molecule has 0 radical (unpaired) electrons. The van der Waals surface area contributed by atoms with Gasteiger partial charge in [0, 0.05) is 37.4 Å². The highest BCUT2D eigenvalue weighted by molar-refractivity contribution is 7.92. The molecule has 2 atom stereocenters. The number of fused-ring (bicyclic) bond motifs is 3. The van der Waals surface area contributed by atoms with Crippen molar-refractivity contribution in [3.8, 4) is 11.1 Å².